The van der Waals surface area contributed by atoms with Gasteiger partial charge in [0, 0.05) is 13.2 Å². The molecule has 4 heteroatoms. The maximum atomic E-state index is 9.93. The summed E-state index contributed by atoms with van der Waals surface area (Å²) in [6, 6.07) is 0. The summed E-state index contributed by atoms with van der Waals surface area (Å²) in [6.45, 7) is 5.59. The first-order valence-corrected chi connectivity index (χ1v) is 3.67. The molecule has 0 rings (SSSR count). The highest BCUT2D eigenvalue weighted by molar-refractivity contribution is 5.64. The predicted molar refractivity (Wildman–Crippen MR) is 41.7 cm³/mol. The van der Waals surface area contributed by atoms with Crippen LogP contribution in [0.2, 0.25) is 0 Å². The molecule has 0 heterocycles. The maximum absolute atomic E-state index is 9.93. The largest absolute Gasteiger partial charge is 0.465 e. The second-order valence-corrected chi connectivity index (χ2v) is 2.70. The van der Waals surface area contributed by atoms with Crippen LogP contribution in [0.15, 0.2) is 0 Å². The minimum absolute atomic E-state index is 0.363. The Morgan fingerprint density at radius 2 is 2.27 bits per heavy atom. The lowest BCUT2D eigenvalue weighted by Gasteiger charge is -2.05. The Labute approximate surface area is 66.5 Å². The lowest BCUT2D eigenvalue weighted by molar-refractivity contribution is 0.110. The Balaban J connectivity index is 2.97. The fourth-order valence-electron chi connectivity index (χ4n) is 0.549. The topological polar surface area (TPSA) is 58.6 Å². The van der Waals surface area contributed by atoms with E-state index in [2.05, 4.69) is 5.32 Å². The summed E-state index contributed by atoms with van der Waals surface area (Å²) < 4.78 is 5.12. The summed E-state index contributed by atoms with van der Waals surface area (Å²) in [5.74, 6) is 0.500. The van der Waals surface area contributed by atoms with Crippen molar-refractivity contribution in [1.82, 2.24) is 5.32 Å². The van der Waals surface area contributed by atoms with Gasteiger partial charge in [-0.15, -0.1) is 0 Å². The molecule has 0 radical (unpaired) electrons. The number of carbonyl (C=O) groups is 1. The van der Waals surface area contributed by atoms with Crippen molar-refractivity contribution in [2.24, 2.45) is 5.92 Å². The Morgan fingerprint density at radius 1 is 1.64 bits per heavy atom. The third kappa shape index (κ3) is 9.23. The SMILES string of the molecule is CC(C)COCCNC(=O)O. The quantitative estimate of drug-likeness (QED) is 0.589. The summed E-state index contributed by atoms with van der Waals surface area (Å²) in [5.41, 5.74) is 0. The van der Waals surface area contributed by atoms with Crippen molar-refractivity contribution in [2.75, 3.05) is 19.8 Å². The third-order valence-electron chi connectivity index (χ3n) is 0.974. The highest BCUT2D eigenvalue weighted by atomic mass is 16.5. The number of nitrogens with one attached hydrogen (secondary N) is 1. The van der Waals surface area contributed by atoms with E-state index < -0.39 is 6.09 Å². The number of amides is 1. The molecular formula is C7H15NO3. The van der Waals surface area contributed by atoms with Gasteiger partial charge in [-0.2, -0.15) is 0 Å². The van der Waals surface area contributed by atoms with Crippen molar-refractivity contribution in [2.45, 2.75) is 13.8 Å². The van der Waals surface area contributed by atoms with Gasteiger partial charge < -0.3 is 15.2 Å². The Hall–Kier alpha value is -0.770. The van der Waals surface area contributed by atoms with Gasteiger partial charge in [0.25, 0.3) is 0 Å². The number of hydrogen-bond donors (Lipinski definition) is 2. The van der Waals surface area contributed by atoms with Gasteiger partial charge in [-0.1, -0.05) is 13.8 Å². The van der Waals surface area contributed by atoms with E-state index in [1.807, 2.05) is 13.8 Å². The number of rotatable bonds is 5. The average Bonchev–Trinajstić information content (AvgIpc) is 1.85. The van der Waals surface area contributed by atoms with E-state index in [1.54, 1.807) is 0 Å². The molecule has 0 atom stereocenters. The lowest BCUT2D eigenvalue weighted by atomic mass is 10.2. The van der Waals surface area contributed by atoms with Crippen LogP contribution in [-0.4, -0.2) is 31.0 Å². The molecule has 0 saturated heterocycles. The van der Waals surface area contributed by atoms with Crippen LogP contribution >= 0.6 is 0 Å². The van der Waals surface area contributed by atoms with E-state index in [0.29, 0.717) is 25.7 Å². The van der Waals surface area contributed by atoms with Crippen molar-refractivity contribution in [3.05, 3.63) is 0 Å². The van der Waals surface area contributed by atoms with Crippen molar-refractivity contribution in [3.63, 3.8) is 0 Å². The van der Waals surface area contributed by atoms with Crippen molar-refractivity contribution >= 4 is 6.09 Å². The minimum atomic E-state index is -1.00. The first kappa shape index (κ1) is 10.2. The standard InChI is InChI=1S/C7H15NO3/c1-6(2)5-11-4-3-8-7(9)10/h6,8H,3-5H2,1-2H3,(H,9,10). The number of ether oxygens (including phenoxy) is 1. The molecule has 0 spiro atoms. The maximum Gasteiger partial charge on any atom is 0.404 e. The molecule has 0 aromatic carbocycles. The van der Waals surface area contributed by atoms with Crippen LogP contribution in [0, 0.1) is 5.92 Å². The van der Waals surface area contributed by atoms with E-state index in [-0.39, 0.29) is 0 Å². The molecule has 11 heavy (non-hydrogen) atoms. The van der Waals surface area contributed by atoms with E-state index in [0.717, 1.165) is 0 Å². The minimum Gasteiger partial charge on any atom is -0.465 e. The summed E-state index contributed by atoms with van der Waals surface area (Å²) in [5, 5.41) is 10.4. The second-order valence-electron chi connectivity index (χ2n) is 2.70. The van der Waals surface area contributed by atoms with Crippen LogP contribution in [0.4, 0.5) is 4.79 Å². The highest BCUT2D eigenvalue weighted by Gasteiger charge is 1.94. The molecule has 1 amide bonds. The van der Waals surface area contributed by atoms with Crippen molar-refractivity contribution in [3.8, 4) is 0 Å². The highest BCUT2D eigenvalue weighted by Crippen LogP contribution is 1.90. The summed E-state index contributed by atoms with van der Waals surface area (Å²) in [6.07, 6.45) is -1.00. The molecule has 0 aliphatic carbocycles. The summed E-state index contributed by atoms with van der Waals surface area (Å²) in [7, 11) is 0. The Morgan fingerprint density at radius 3 is 2.73 bits per heavy atom. The number of carboxylic acid groups (broad SMARTS) is 1. The average molecular weight is 161 g/mol. The van der Waals surface area contributed by atoms with Crippen LogP contribution < -0.4 is 5.32 Å². The molecule has 0 aliphatic rings. The summed E-state index contributed by atoms with van der Waals surface area (Å²) >= 11 is 0. The van der Waals surface area contributed by atoms with Gasteiger partial charge in [-0.25, -0.2) is 4.79 Å². The molecule has 0 saturated carbocycles. The molecular weight excluding hydrogens is 146 g/mol. The van der Waals surface area contributed by atoms with Crippen molar-refractivity contribution in [1.29, 1.82) is 0 Å². The fourth-order valence-corrected chi connectivity index (χ4v) is 0.549. The number of hydrogen-bond acceptors (Lipinski definition) is 2. The zero-order valence-corrected chi connectivity index (χ0v) is 6.96. The smallest absolute Gasteiger partial charge is 0.404 e. The lowest BCUT2D eigenvalue weighted by Crippen LogP contribution is -2.25. The van der Waals surface area contributed by atoms with Crippen LogP contribution in [0.5, 0.6) is 0 Å². The molecule has 2 N–H and O–H groups in total. The van der Waals surface area contributed by atoms with Gasteiger partial charge in [0.15, 0.2) is 0 Å². The molecule has 0 aliphatic heterocycles. The Kier molecular flexibility index (Phi) is 5.56. The second kappa shape index (κ2) is 5.97. The fraction of sp³-hybridized carbons (Fsp3) is 0.857. The van der Waals surface area contributed by atoms with Crippen molar-refractivity contribution < 1.29 is 14.6 Å². The van der Waals surface area contributed by atoms with E-state index in [9.17, 15) is 4.79 Å². The van der Waals surface area contributed by atoms with E-state index in [4.69, 9.17) is 9.84 Å². The molecule has 4 nitrogen and oxygen atoms in total. The van der Waals surface area contributed by atoms with E-state index >= 15 is 0 Å². The first-order valence-electron chi connectivity index (χ1n) is 3.67. The van der Waals surface area contributed by atoms with Gasteiger partial charge in [0.2, 0.25) is 0 Å². The first-order chi connectivity index (χ1) is 5.13. The van der Waals surface area contributed by atoms with Gasteiger partial charge >= 0.3 is 6.09 Å². The van der Waals surface area contributed by atoms with Crippen LogP contribution in [0.3, 0.4) is 0 Å². The molecule has 0 bridgehead atoms. The zero-order valence-electron chi connectivity index (χ0n) is 6.96. The van der Waals surface area contributed by atoms with E-state index in [1.165, 1.54) is 0 Å². The van der Waals surface area contributed by atoms with Crippen LogP contribution in [0.1, 0.15) is 13.8 Å². The molecule has 0 aromatic heterocycles. The van der Waals surface area contributed by atoms with Gasteiger partial charge in [0.1, 0.15) is 0 Å². The van der Waals surface area contributed by atoms with Gasteiger partial charge in [0.05, 0.1) is 6.61 Å². The summed E-state index contributed by atoms with van der Waals surface area (Å²) in [4.78, 5) is 9.93. The zero-order chi connectivity index (χ0) is 8.69. The third-order valence-corrected chi connectivity index (χ3v) is 0.974. The van der Waals surface area contributed by atoms with Crippen LogP contribution in [-0.2, 0) is 4.74 Å². The molecule has 0 unspecified atom stereocenters. The van der Waals surface area contributed by atoms with Crippen LogP contribution in [0.25, 0.3) is 0 Å². The van der Waals surface area contributed by atoms with Gasteiger partial charge in [-0.3, -0.25) is 0 Å². The predicted octanol–water partition coefficient (Wildman–Crippen LogP) is 0.927. The Bertz CT molecular complexity index is 114. The van der Waals surface area contributed by atoms with Gasteiger partial charge in [-0.05, 0) is 5.92 Å². The molecule has 0 aromatic rings. The monoisotopic (exact) mass is 161 g/mol. The normalized spacial score (nSPS) is 10.1. The molecule has 0 fully saturated rings. The molecule has 66 valence electrons.